The largest absolute Gasteiger partial charge is 0.391 e. The Balaban J connectivity index is 1.97. The summed E-state index contributed by atoms with van der Waals surface area (Å²) in [6.45, 7) is 6.05. The molecule has 2 N–H and O–H groups in total. The number of carbonyl (C=O) groups excluding carboxylic acids is 1. The van der Waals surface area contributed by atoms with Gasteiger partial charge in [0.05, 0.1) is 12.3 Å². The molecule has 2 aromatic heterocycles. The highest BCUT2D eigenvalue weighted by molar-refractivity contribution is 7.17. The average molecular weight is 310 g/mol. The van der Waals surface area contributed by atoms with E-state index >= 15 is 0 Å². The molecule has 2 aromatic rings. The van der Waals surface area contributed by atoms with Gasteiger partial charge in [0, 0.05) is 17.5 Å². The van der Waals surface area contributed by atoms with E-state index < -0.39 is 6.10 Å². The summed E-state index contributed by atoms with van der Waals surface area (Å²) in [5, 5.41) is 17.5. The van der Waals surface area contributed by atoms with Gasteiger partial charge in [-0.15, -0.1) is 11.3 Å². The molecular formula is C14H18N2O2S2. The number of hydrogen-bond donors (Lipinski definition) is 2. The molecule has 0 aliphatic rings. The molecule has 20 heavy (non-hydrogen) atoms. The molecule has 0 spiro atoms. The number of nitrogens with one attached hydrogen (secondary N) is 1. The van der Waals surface area contributed by atoms with E-state index in [-0.39, 0.29) is 17.9 Å². The number of aromatic nitrogens is 1. The van der Waals surface area contributed by atoms with Crippen molar-refractivity contribution >= 4 is 28.6 Å². The van der Waals surface area contributed by atoms with Gasteiger partial charge in [0.1, 0.15) is 9.88 Å². The third-order valence-electron chi connectivity index (χ3n) is 2.95. The van der Waals surface area contributed by atoms with Crippen LogP contribution in [0.5, 0.6) is 0 Å². The fourth-order valence-corrected chi connectivity index (χ4v) is 3.03. The summed E-state index contributed by atoms with van der Waals surface area (Å²) in [6, 6.07) is 1.98. The summed E-state index contributed by atoms with van der Waals surface area (Å²) >= 11 is 2.96. The van der Waals surface area contributed by atoms with Gasteiger partial charge >= 0.3 is 0 Å². The van der Waals surface area contributed by atoms with Crippen LogP contribution in [-0.2, 0) is 0 Å². The first-order chi connectivity index (χ1) is 9.38. The van der Waals surface area contributed by atoms with Crippen molar-refractivity contribution < 1.29 is 9.90 Å². The molecule has 0 radical (unpaired) electrons. The Morgan fingerprint density at radius 1 is 1.50 bits per heavy atom. The lowest BCUT2D eigenvalue weighted by molar-refractivity contribution is 0.0588. The van der Waals surface area contributed by atoms with Gasteiger partial charge in [0.15, 0.2) is 0 Å². The van der Waals surface area contributed by atoms with Crippen molar-refractivity contribution in [3.63, 3.8) is 0 Å². The van der Waals surface area contributed by atoms with Gasteiger partial charge < -0.3 is 10.4 Å². The molecule has 0 aliphatic heterocycles. The standard InChI is InChI=1S/C14H18N2O2S2/c1-14(2,3)11(17)7-15-12(18)10-6-16-13(20-10)9-4-5-19-8-9/h4-6,8,11,17H,7H2,1-3H3,(H,15,18). The number of hydrogen-bond acceptors (Lipinski definition) is 5. The molecule has 0 aliphatic carbocycles. The molecule has 1 amide bonds. The Bertz CT molecular complexity index is 570. The van der Waals surface area contributed by atoms with E-state index in [2.05, 4.69) is 10.3 Å². The van der Waals surface area contributed by atoms with Gasteiger partial charge in [0.2, 0.25) is 0 Å². The van der Waals surface area contributed by atoms with E-state index in [1.807, 2.05) is 37.6 Å². The molecular weight excluding hydrogens is 292 g/mol. The first-order valence-corrected chi connectivity index (χ1v) is 8.08. The van der Waals surface area contributed by atoms with Crippen molar-refractivity contribution in [2.45, 2.75) is 26.9 Å². The molecule has 4 nitrogen and oxygen atoms in total. The van der Waals surface area contributed by atoms with Crippen molar-refractivity contribution in [3.05, 3.63) is 27.9 Å². The number of rotatable bonds is 4. The van der Waals surface area contributed by atoms with Crippen molar-refractivity contribution in [3.8, 4) is 10.6 Å². The molecule has 0 saturated carbocycles. The number of aliphatic hydroxyl groups is 1. The second kappa shape index (κ2) is 6.03. The summed E-state index contributed by atoms with van der Waals surface area (Å²) in [7, 11) is 0. The normalized spacial score (nSPS) is 13.2. The topological polar surface area (TPSA) is 62.2 Å². The lowest BCUT2D eigenvalue weighted by Gasteiger charge is -2.25. The quantitative estimate of drug-likeness (QED) is 0.912. The zero-order valence-electron chi connectivity index (χ0n) is 11.7. The van der Waals surface area contributed by atoms with Crippen molar-refractivity contribution in [1.29, 1.82) is 0 Å². The number of amides is 1. The minimum Gasteiger partial charge on any atom is -0.391 e. The zero-order valence-corrected chi connectivity index (χ0v) is 13.3. The average Bonchev–Trinajstić information content (AvgIpc) is 3.03. The number of carbonyl (C=O) groups is 1. The van der Waals surface area contributed by atoms with Crippen LogP contribution in [0, 0.1) is 5.41 Å². The molecule has 0 fully saturated rings. The number of aliphatic hydroxyl groups excluding tert-OH is 1. The smallest absolute Gasteiger partial charge is 0.263 e. The Kier molecular flexibility index (Phi) is 4.57. The summed E-state index contributed by atoms with van der Waals surface area (Å²) < 4.78 is 0. The van der Waals surface area contributed by atoms with Crippen LogP contribution >= 0.6 is 22.7 Å². The lowest BCUT2D eigenvalue weighted by Crippen LogP contribution is -2.39. The van der Waals surface area contributed by atoms with Crippen molar-refractivity contribution in [2.75, 3.05) is 6.54 Å². The summed E-state index contributed by atoms with van der Waals surface area (Å²) in [4.78, 5) is 16.8. The molecule has 2 heterocycles. The van der Waals surface area contributed by atoms with E-state index in [9.17, 15) is 9.90 Å². The van der Waals surface area contributed by atoms with E-state index in [1.165, 1.54) is 11.3 Å². The van der Waals surface area contributed by atoms with E-state index in [0.29, 0.717) is 4.88 Å². The molecule has 6 heteroatoms. The van der Waals surface area contributed by atoms with Crippen molar-refractivity contribution in [2.24, 2.45) is 5.41 Å². The number of thiazole rings is 1. The molecule has 0 bridgehead atoms. The van der Waals surface area contributed by atoms with Crippen LogP contribution in [0.2, 0.25) is 0 Å². The second-order valence-corrected chi connectivity index (χ2v) is 7.44. The first kappa shape index (κ1) is 15.2. The van der Waals surface area contributed by atoms with Gasteiger partial charge in [0.25, 0.3) is 5.91 Å². The monoisotopic (exact) mass is 310 g/mol. The second-order valence-electron chi connectivity index (χ2n) is 5.63. The SMILES string of the molecule is CC(C)(C)C(O)CNC(=O)c1cnc(-c2ccsc2)s1. The van der Waals surface area contributed by atoms with Gasteiger partial charge in [-0.3, -0.25) is 4.79 Å². The third-order valence-corrected chi connectivity index (χ3v) is 4.68. The van der Waals surface area contributed by atoms with Crippen LogP contribution < -0.4 is 5.32 Å². The highest BCUT2D eigenvalue weighted by Crippen LogP contribution is 2.27. The molecule has 108 valence electrons. The molecule has 0 saturated heterocycles. The number of nitrogens with zero attached hydrogens (tertiary/aromatic N) is 1. The lowest BCUT2D eigenvalue weighted by atomic mass is 9.89. The van der Waals surface area contributed by atoms with E-state index in [1.54, 1.807) is 17.5 Å². The van der Waals surface area contributed by atoms with Crippen molar-refractivity contribution in [1.82, 2.24) is 10.3 Å². The fourth-order valence-electron chi connectivity index (χ4n) is 1.48. The summed E-state index contributed by atoms with van der Waals surface area (Å²) in [5.41, 5.74) is 0.789. The van der Waals surface area contributed by atoms with Crippen LogP contribution in [-0.4, -0.2) is 28.6 Å². The fraction of sp³-hybridized carbons (Fsp3) is 0.429. The minimum atomic E-state index is -0.573. The van der Waals surface area contributed by atoms with Crippen LogP contribution in [0.3, 0.4) is 0 Å². The zero-order chi connectivity index (χ0) is 14.8. The Morgan fingerprint density at radius 3 is 2.85 bits per heavy atom. The molecule has 2 rings (SSSR count). The first-order valence-electron chi connectivity index (χ1n) is 6.32. The molecule has 1 unspecified atom stereocenters. The maximum absolute atomic E-state index is 12.0. The Morgan fingerprint density at radius 2 is 2.25 bits per heavy atom. The minimum absolute atomic E-state index is 0.188. The number of thiophene rings is 1. The third kappa shape index (κ3) is 3.65. The van der Waals surface area contributed by atoms with Gasteiger partial charge in [-0.25, -0.2) is 4.98 Å². The van der Waals surface area contributed by atoms with E-state index in [4.69, 9.17) is 0 Å². The highest BCUT2D eigenvalue weighted by Gasteiger charge is 2.23. The maximum Gasteiger partial charge on any atom is 0.263 e. The molecule has 1 atom stereocenters. The summed E-state index contributed by atoms with van der Waals surface area (Å²) in [6.07, 6.45) is 1.01. The molecule has 0 aromatic carbocycles. The van der Waals surface area contributed by atoms with Crippen LogP contribution in [0.25, 0.3) is 10.6 Å². The summed E-state index contributed by atoms with van der Waals surface area (Å²) in [5.74, 6) is -0.188. The Labute approximate surface area is 126 Å². The van der Waals surface area contributed by atoms with Crippen LogP contribution in [0.4, 0.5) is 0 Å². The van der Waals surface area contributed by atoms with E-state index in [0.717, 1.165) is 10.6 Å². The van der Waals surface area contributed by atoms with Gasteiger partial charge in [-0.05, 0) is 16.9 Å². The van der Waals surface area contributed by atoms with Gasteiger partial charge in [-0.2, -0.15) is 11.3 Å². The van der Waals surface area contributed by atoms with Crippen LogP contribution in [0.1, 0.15) is 30.4 Å². The predicted molar refractivity (Wildman–Crippen MR) is 83.2 cm³/mol. The Hall–Kier alpha value is -1.24. The van der Waals surface area contributed by atoms with Crippen LogP contribution in [0.15, 0.2) is 23.0 Å². The predicted octanol–water partition coefficient (Wildman–Crippen LogP) is 3.01. The van der Waals surface area contributed by atoms with Gasteiger partial charge in [-0.1, -0.05) is 20.8 Å². The highest BCUT2D eigenvalue weighted by atomic mass is 32.1. The maximum atomic E-state index is 12.0.